The van der Waals surface area contributed by atoms with Crippen molar-refractivity contribution in [3.8, 4) is 0 Å². The van der Waals surface area contributed by atoms with Crippen LogP contribution in [0, 0.1) is 0 Å². The van der Waals surface area contributed by atoms with Crippen molar-refractivity contribution in [2.45, 2.75) is 6.10 Å². The number of hydrogen-bond donors (Lipinski definition) is 0. The molecule has 0 amide bonds. The van der Waals surface area contributed by atoms with Crippen molar-refractivity contribution < 1.29 is 4.74 Å². The second kappa shape index (κ2) is 3.41. The second-order valence-electron chi connectivity index (χ2n) is 2.45. The van der Waals surface area contributed by atoms with Crippen LogP contribution in [0.1, 0.15) is 11.7 Å². The summed E-state index contributed by atoms with van der Waals surface area (Å²) in [7, 11) is 0. The van der Waals surface area contributed by atoms with Gasteiger partial charge in [-0.2, -0.15) is 0 Å². The Morgan fingerprint density at radius 1 is 1.67 bits per heavy atom. The summed E-state index contributed by atoms with van der Waals surface area (Å²) in [6.07, 6.45) is 3.68. The molecule has 0 bridgehead atoms. The van der Waals surface area contributed by atoms with Crippen molar-refractivity contribution in [1.82, 2.24) is 4.98 Å². The van der Waals surface area contributed by atoms with Gasteiger partial charge in [-0.25, -0.2) is 0 Å². The Morgan fingerprint density at radius 2 is 2.58 bits per heavy atom. The first kappa shape index (κ1) is 8.01. The van der Waals surface area contributed by atoms with Gasteiger partial charge in [0.25, 0.3) is 0 Å². The zero-order chi connectivity index (χ0) is 8.39. The summed E-state index contributed by atoms with van der Waals surface area (Å²) >= 11 is 6.50. The predicted molar refractivity (Wildman–Crippen MR) is 53.1 cm³/mol. The number of rotatable bonds is 1. The SMILES string of the molecule is S=C1OC(c2cccnc2)CS1. The average molecular weight is 197 g/mol. The highest BCUT2D eigenvalue weighted by Crippen LogP contribution is 2.31. The summed E-state index contributed by atoms with van der Waals surface area (Å²) in [5.41, 5.74) is 1.10. The van der Waals surface area contributed by atoms with E-state index in [9.17, 15) is 0 Å². The Kier molecular flexibility index (Phi) is 2.28. The van der Waals surface area contributed by atoms with Gasteiger partial charge in [-0.3, -0.25) is 4.98 Å². The maximum Gasteiger partial charge on any atom is 0.220 e. The predicted octanol–water partition coefficient (Wildman–Crippen LogP) is 2.17. The molecule has 0 aromatic carbocycles. The number of ether oxygens (including phenoxy) is 1. The molecule has 2 nitrogen and oxygen atoms in total. The molecule has 4 heteroatoms. The molecular formula is C8H7NOS2. The summed E-state index contributed by atoms with van der Waals surface area (Å²) in [6.45, 7) is 0. The number of pyridine rings is 1. The Hall–Kier alpha value is -0.610. The van der Waals surface area contributed by atoms with Crippen molar-refractivity contribution in [2.24, 2.45) is 0 Å². The number of hydrogen-bond acceptors (Lipinski definition) is 4. The fourth-order valence-electron chi connectivity index (χ4n) is 1.06. The maximum atomic E-state index is 5.40. The smallest absolute Gasteiger partial charge is 0.220 e. The normalized spacial score (nSPS) is 22.3. The molecule has 1 saturated heterocycles. The lowest BCUT2D eigenvalue weighted by molar-refractivity contribution is 0.241. The van der Waals surface area contributed by atoms with E-state index in [1.807, 2.05) is 18.3 Å². The van der Waals surface area contributed by atoms with Gasteiger partial charge in [-0.1, -0.05) is 17.8 Å². The summed E-state index contributed by atoms with van der Waals surface area (Å²) in [5.74, 6) is 0.907. The monoisotopic (exact) mass is 197 g/mol. The highest BCUT2D eigenvalue weighted by Gasteiger charge is 2.22. The molecule has 1 fully saturated rings. The van der Waals surface area contributed by atoms with Crippen molar-refractivity contribution in [2.75, 3.05) is 5.75 Å². The molecule has 2 rings (SSSR count). The topological polar surface area (TPSA) is 22.1 Å². The summed E-state index contributed by atoms with van der Waals surface area (Å²) < 4.78 is 6.04. The molecule has 62 valence electrons. The van der Waals surface area contributed by atoms with Gasteiger partial charge in [-0.15, -0.1) is 0 Å². The van der Waals surface area contributed by atoms with E-state index in [-0.39, 0.29) is 6.10 Å². The van der Waals surface area contributed by atoms with Gasteiger partial charge in [0.05, 0.1) is 0 Å². The van der Waals surface area contributed by atoms with E-state index in [1.165, 1.54) is 0 Å². The molecule has 12 heavy (non-hydrogen) atoms. The van der Waals surface area contributed by atoms with Crippen molar-refractivity contribution in [1.29, 1.82) is 0 Å². The molecule has 1 atom stereocenters. The lowest BCUT2D eigenvalue weighted by Crippen LogP contribution is -1.99. The van der Waals surface area contributed by atoms with Gasteiger partial charge in [0.15, 0.2) is 0 Å². The highest BCUT2D eigenvalue weighted by atomic mass is 32.2. The fourth-order valence-corrected chi connectivity index (χ4v) is 2.11. The molecule has 0 N–H and O–H groups in total. The van der Waals surface area contributed by atoms with Crippen LogP contribution in [-0.4, -0.2) is 15.1 Å². The van der Waals surface area contributed by atoms with E-state index in [0.29, 0.717) is 4.38 Å². The lowest BCUT2D eigenvalue weighted by atomic mass is 10.2. The van der Waals surface area contributed by atoms with Gasteiger partial charge in [0, 0.05) is 23.7 Å². The number of thiocarbonyl (C=S) groups is 1. The Bertz CT molecular complexity index is 288. The van der Waals surface area contributed by atoms with Gasteiger partial charge < -0.3 is 4.74 Å². The summed E-state index contributed by atoms with van der Waals surface area (Å²) in [5, 5.41) is 0. The molecule has 1 aliphatic rings. The lowest BCUT2D eigenvalue weighted by Gasteiger charge is -2.07. The molecule has 0 radical (unpaired) electrons. The average Bonchev–Trinajstić information content (AvgIpc) is 2.54. The van der Waals surface area contributed by atoms with Crippen LogP contribution < -0.4 is 0 Å². The third-order valence-corrected chi connectivity index (χ3v) is 2.90. The van der Waals surface area contributed by atoms with Crippen LogP contribution in [-0.2, 0) is 4.74 Å². The van der Waals surface area contributed by atoms with Gasteiger partial charge in [-0.05, 0) is 18.3 Å². The molecule has 1 aliphatic heterocycles. The first-order valence-electron chi connectivity index (χ1n) is 3.59. The molecule has 1 aromatic rings. The summed E-state index contributed by atoms with van der Waals surface area (Å²) in [6, 6.07) is 3.91. The van der Waals surface area contributed by atoms with E-state index >= 15 is 0 Å². The van der Waals surface area contributed by atoms with Crippen LogP contribution in [0.2, 0.25) is 0 Å². The van der Waals surface area contributed by atoms with Crippen molar-refractivity contribution >= 4 is 28.4 Å². The fraction of sp³-hybridized carbons (Fsp3) is 0.250. The molecule has 1 aromatic heterocycles. The Morgan fingerprint density at radius 3 is 3.17 bits per heavy atom. The van der Waals surface area contributed by atoms with Crippen LogP contribution in [0.4, 0.5) is 0 Å². The van der Waals surface area contributed by atoms with Crippen LogP contribution in [0.3, 0.4) is 0 Å². The number of nitrogens with zero attached hydrogens (tertiary/aromatic N) is 1. The number of thioether (sulfide) groups is 1. The van der Waals surface area contributed by atoms with E-state index in [4.69, 9.17) is 17.0 Å². The number of aromatic nitrogens is 1. The minimum absolute atomic E-state index is 0.108. The highest BCUT2D eigenvalue weighted by molar-refractivity contribution is 8.22. The minimum atomic E-state index is 0.108. The first-order chi connectivity index (χ1) is 5.86. The van der Waals surface area contributed by atoms with Gasteiger partial charge >= 0.3 is 0 Å². The third-order valence-electron chi connectivity index (χ3n) is 1.65. The second-order valence-corrected chi connectivity index (χ2v) is 4.08. The standard InChI is InChI=1S/C8H7NOS2/c11-8-10-7(5-12-8)6-2-1-3-9-4-6/h1-4,7H,5H2. The van der Waals surface area contributed by atoms with Crippen LogP contribution in [0.5, 0.6) is 0 Å². The van der Waals surface area contributed by atoms with Crippen LogP contribution in [0.25, 0.3) is 0 Å². The Balaban J connectivity index is 2.16. The van der Waals surface area contributed by atoms with Gasteiger partial charge in [0.1, 0.15) is 6.10 Å². The zero-order valence-corrected chi connectivity index (χ0v) is 7.90. The van der Waals surface area contributed by atoms with E-state index in [2.05, 4.69) is 4.98 Å². The van der Waals surface area contributed by atoms with E-state index in [0.717, 1.165) is 11.3 Å². The molecule has 0 aliphatic carbocycles. The van der Waals surface area contributed by atoms with E-state index < -0.39 is 0 Å². The zero-order valence-electron chi connectivity index (χ0n) is 6.27. The van der Waals surface area contributed by atoms with E-state index in [1.54, 1.807) is 18.0 Å². The van der Waals surface area contributed by atoms with Crippen molar-refractivity contribution in [3.05, 3.63) is 30.1 Å². The molecule has 1 unspecified atom stereocenters. The largest absolute Gasteiger partial charge is 0.469 e. The first-order valence-corrected chi connectivity index (χ1v) is 4.99. The third kappa shape index (κ3) is 1.59. The Labute approximate surface area is 80.3 Å². The molecular weight excluding hydrogens is 190 g/mol. The van der Waals surface area contributed by atoms with Crippen LogP contribution in [0.15, 0.2) is 24.5 Å². The maximum absolute atomic E-state index is 5.40. The molecule has 0 spiro atoms. The van der Waals surface area contributed by atoms with Gasteiger partial charge in [0.2, 0.25) is 4.38 Å². The molecule has 2 heterocycles. The molecule has 0 saturated carbocycles. The minimum Gasteiger partial charge on any atom is -0.469 e. The summed E-state index contributed by atoms with van der Waals surface area (Å²) in [4.78, 5) is 4.02. The quantitative estimate of drug-likeness (QED) is 0.643. The van der Waals surface area contributed by atoms with Crippen molar-refractivity contribution in [3.63, 3.8) is 0 Å². The van der Waals surface area contributed by atoms with Crippen LogP contribution >= 0.6 is 24.0 Å².